The highest BCUT2D eigenvalue weighted by atomic mass is 79.9. The summed E-state index contributed by atoms with van der Waals surface area (Å²) in [6.07, 6.45) is -3.07. The molecular formula is C10H6Br2F3N3. The lowest BCUT2D eigenvalue weighted by Gasteiger charge is -2.12. The molecule has 18 heavy (non-hydrogen) atoms. The highest BCUT2D eigenvalue weighted by Gasteiger charge is 2.34. The van der Waals surface area contributed by atoms with E-state index in [1.54, 1.807) is 0 Å². The van der Waals surface area contributed by atoms with Crippen LogP contribution in [0.2, 0.25) is 0 Å². The number of hydrogen-bond acceptors (Lipinski definition) is 2. The van der Waals surface area contributed by atoms with Crippen LogP contribution in [0.5, 0.6) is 0 Å². The summed E-state index contributed by atoms with van der Waals surface area (Å²) < 4.78 is 40.7. The second-order valence-corrected chi connectivity index (χ2v) is 5.24. The minimum atomic E-state index is -4.46. The van der Waals surface area contributed by atoms with Crippen LogP contribution in [-0.2, 0) is 6.18 Å². The van der Waals surface area contributed by atoms with Gasteiger partial charge >= 0.3 is 6.18 Å². The van der Waals surface area contributed by atoms with E-state index in [1.807, 2.05) is 0 Å². The fraction of sp³-hybridized carbons (Fsp3) is 0.100. The van der Waals surface area contributed by atoms with E-state index in [9.17, 15) is 13.2 Å². The lowest BCUT2D eigenvalue weighted by molar-refractivity contribution is -0.137. The SMILES string of the molecule is Nc1nn(-c2cc(Br)ccc2C(F)(F)F)cc1Br. The highest BCUT2D eigenvalue weighted by Crippen LogP contribution is 2.35. The third kappa shape index (κ3) is 2.54. The second-order valence-electron chi connectivity index (χ2n) is 3.47. The van der Waals surface area contributed by atoms with Gasteiger partial charge in [-0.2, -0.15) is 13.2 Å². The van der Waals surface area contributed by atoms with Crippen LogP contribution in [-0.4, -0.2) is 9.78 Å². The average molecular weight is 385 g/mol. The van der Waals surface area contributed by atoms with Gasteiger partial charge < -0.3 is 5.73 Å². The lowest BCUT2D eigenvalue weighted by Crippen LogP contribution is -2.11. The number of aromatic nitrogens is 2. The molecule has 0 aliphatic heterocycles. The third-order valence-electron chi connectivity index (χ3n) is 2.21. The molecule has 1 aromatic carbocycles. The van der Waals surface area contributed by atoms with Gasteiger partial charge in [-0.3, -0.25) is 0 Å². The van der Waals surface area contributed by atoms with Crippen molar-refractivity contribution < 1.29 is 13.2 Å². The van der Waals surface area contributed by atoms with Crippen LogP contribution in [0.3, 0.4) is 0 Å². The molecular weight excluding hydrogens is 379 g/mol. The first-order valence-corrected chi connectivity index (χ1v) is 6.25. The van der Waals surface area contributed by atoms with Crippen LogP contribution in [0.4, 0.5) is 19.0 Å². The van der Waals surface area contributed by atoms with Crippen LogP contribution in [0, 0.1) is 0 Å². The quantitative estimate of drug-likeness (QED) is 0.807. The molecule has 0 fully saturated rings. The lowest BCUT2D eigenvalue weighted by atomic mass is 10.2. The average Bonchev–Trinajstić information content (AvgIpc) is 2.57. The molecule has 1 aromatic heterocycles. The number of alkyl halides is 3. The van der Waals surface area contributed by atoms with E-state index in [-0.39, 0.29) is 11.5 Å². The molecule has 8 heteroatoms. The van der Waals surface area contributed by atoms with Crippen LogP contribution >= 0.6 is 31.9 Å². The zero-order chi connectivity index (χ0) is 13.5. The van der Waals surface area contributed by atoms with Crippen molar-refractivity contribution in [1.29, 1.82) is 0 Å². The maximum Gasteiger partial charge on any atom is 0.418 e. The largest absolute Gasteiger partial charge is 0.418 e. The first-order chi connectivity index (χ1) is 8.29. The van der Waals surface area contributed by atoms with Crippen LogP contribution in [0.25, 0.3) is 5.69 Å². The van der Waals surface area contributed by atoms with Crippen LogP contribution < -0.4 is 5.73 Å². The zero-order valence-corrected chi connectivity index (χ0v) is 11.8. The number of anilines is 1. The van der Waals surface area contributed by atoms with Gasteiger partial charge in [0.15, 0.2) is 5.82 Å². The van der Waals surface area contributed by atoms with E-state index in [0.717, 1.165) is 10.7 Å². The number of nitrogens with two attached hydrogens (primary N) is 1. The molecule has 0 spiro atoms. The molecule has 0 unspecified atom stereocenters. The fourth-order valence-corrected chi connectivity index (χ4v) is 2.05. The van der Waals surface area contributed by atoms with Crippen LogP contribution in [0.15, 0.2) is 33.3 Å². The normalized spacial score (nSPS) is 11.8. The Kier molecular flexibility index (Phi) is 3.41. The van der Waals surface area contributed by atoms with Crippen molar-refractivity contribution >= 4 is 37.7 Å². The van der Waals surface area contributed by atoms with E-state index in [2.05, 4.69) is 37.0 Å². The summed E-state index contributed by atoms with van der Waals surface area (Å²) in [7, 11) is 0. The topological polar surface area (TPSA) is 43.8 Å². The molecule has 0 saturated carbocycles. The molecule has 0 atom stereocenters. The predicted octanol–water partition coefficient (Wildman–Crippen LogP) is 4.00. The maximum absolute atomic E-state index is 12.9. The fourth-order valence-electron chi connectivity index (χ4n) is 1.42. The van der Waals surface area contributed by atoms with Crippen LogP contribution in [0.1, 0.15) is 5.56 Å². The molecule has 0 bridgehead atoms. The molecule has 0 radical (unpaired) electrons. The Bertz CT molecular complexity index is 573. The Balaban J connectivity index is 2.65. The molecule has 0 aliphatic rings. The summed E-state index contributed by atoms with van der Waals surface area (Å²) in [5.41, 5.74) is 4.64. The Morgan fingerprint density at radius 3 is 2.39 bits per heavy atom. The van der Waals surface area contributed by atoms with Gasteiger partial charge in [-0.1, -0.05) is 15.9 Å². The van der Waals surface area contributed by atoms with Gasteiger partial charge in [0, 0.05) is 10.7 Å². The van der Waals surface area contributed by atoms with Gasteiger partial charge in [-0.25, -0.2) is 4.68 Å². The van der Waals surface area contributed by atoms with E-state index in [1.165, 1.54) is 18.3 Å². The third-order valence-corrected chi connectivity index (χ3v) is 3.31. The molecule has 0 amide bonds. The molecule has 2 rings (SSSR count). The standard InChI is InChI=1S/C10H6Br2F3N3/c11-5-1-2-6(10(13,14)15)8(3-5)18-4-7(12)9(16)17-18/h1-4H,(H2,16,17). The zero-order valence-electron chi connectivity index (χ0n) is 8.67. The number of halogens is 5. The van der Waals surface area contributed by atoms with Crippen molar-refractivity contribution in [3.63, 3.8) is 0 Å². The van der Waals surface area contributed by atoms with Crippen molar-refractivity contribution in [1.82, 2.24) is 9.78 Å². The number of rotatable bonds is 1. The van der Waals surface area contributed by atoms with Crippen molar-refractivity contribution in [3.8, 4) is 5.69 Å². The second kappa shape index (κ2) is 4.58. The summed E-state index contributed by atoms with van der Waals surface area (Å²) in [4.78, 5) is 0. The van der Waals surface area contributed by atoms with Crippen molar-refractivity contribution in [2.75, 3.05) is 5.73 Å². The number of benzene rings is 1. The molecule has 3 nitrogen and oxygen atoms in total. The summed E-state index contributed by atoms with van der Waals surface area (Å²) in [5, 5.41) is 3.82. The first-order valence-electron chi connectivity index (χ1n) is 4.67. The predicted molar refractivity (Wildman–Crippen MR) is 68.4 cm³/mol. The monoisotopic (exact) mass is 383 g/mol. The highest BCUT2D eigenvalue weighted by molar-refractivity contribution is 9.10. The Hall–Kier alpha value is -1.02. The van der Waals surface area contributed by atoms with Crippen molar-refractivity contribution in [3.05, 3.63) is 38.9 Å². The van der Waals surface area contributed by atoms with Crippen molar-refractivity contribution in [2.45, 2.75) is 6.18 Å². The molecule has 0 aliphatic carbocycles. The summed E-state index contributed by atoms with van der Waals surface area (Å²) in [6, 6.07) is 3.65. The smallest absolute Gasteiger partial charge is 0.381 e. The van der Waals surface area contributed by atoms with Gasteiger partial charge in [0.1, 0.15) is 0 Å². The number of hydrogen-bond donors (Lipinski definition) is 1. The van der Waals surface area contributed by atoms with Crippen molar-refractivity contribution in [2.24, 2.45) is 0 Å². The van der Waals surface area contributed by atoms with E-state index in [0.29, 0.717) is 8.95 Å². The van der Waals surface area contributed by atoms with E-state index in [4.69, 9.17) is 5.73 Å². The Morgan fingerprint density at radius 1 is 1.22 bits per heavy atom. The van der Waals surface area contributed by atoms with E-state index >= 15 is 0 Å². The molecule has 0 saturated heterocycles. The van der Waals surface area contributed by atoms with Gasteiger partial charge in [0.05, 0.1) is 15.7 Å². The minimum absolute atomic E-state index is 0.0886. The number of nitrogens with zero attached hydrogens (tertiary/aromatic N) is 2. The Morgan fingerprint density at radius 2 is 1.89 bits per heavy atom. The molecule has 96 valence electrons. The molecule has 1 heterocycles. The van der Waals surface area contributed by atoms with Gasteiger partial charge in [-0.05, 0) is 34.1 Å². The number of nitrogen functional groups attached to an aromatic ring is 1. The van der Waals surface area contributed by atoms with E-state index < -0.39 is 11.7 Å². The molecule has 2 aromatic rings. The van der Waals surface area contributed by atoms with Gasteiger partial charge in [-0.15, -0.1) is 5.10 Å². The molecule has 2 N–H and O–H groups in total. The Labute approximate surface area is 117 Å². The van der Waals surface area contributed by atoms with Gasteiger partial charge in [0.2, 0.25) is 0 Å². The van der Waals surface area contributed by atoms with Gasteiger partial charge in [0.25, 0.3) is 0 Å². The summed E-state index contributed by atoms with van der Waals surface area (Å²) in [6.45, 7) is 0. The summed E-state index contributed by atoms with van der Waals surface area (Å²) in [5.74, 6) is 0.128. The summed E-state index contributed by atoms with van der Waals surface area (Å²) >= 11 is 6.24. The minimum Gasteiger partial charge on any atom is -0.381 e. The first kappa shape index (κ1) is 13.4. The maximum atomic E-state index is 12.9.